The number of amides is 1. The highest BCUT2D eigenvalue weighted by Gasteiger charge is 2.34. The van der Waals surface area contributed by atoms with E-state index in [1.807, 2.05) is 11.3 Å². The maximum atomic E-state index is 12.6. The number of hydrogen-bond donors (Lipinski definition) is 0. The van der Waals surface area contributed by atoms with Gasteiger partial charge >= 0.3 is 0 Å². The molecule has 2 aromatic rings. The second-order valence-electron chi connectivity index (χ2n) is 7.18. The second kappa shape index (κ2) is 5.62. The van der Waals surface area contributed by atoms with E-state index in [1.165, 1.54) is 27.5 Å². The first kappa shape index (κ1) is 15.2. The zero-order valence-corrected chi connectivity index (χ0v) is 15.1. The number of thiazole rings is 1. The van der Waals surface area contributed by atoms with Crippen LogP contribution in [0.2, 0.25) is 0 Å². The summed E-state index contributed by atoms with van der Waals surface area (Å²) in [4.78, 5) is 22.2. The van der Waals surface area contributed by atoms with Crippen molar-refractivity contribution >= 4 is 22.1 Å². The Hall–Kier alpha value is -1.36. The third kappa shape index (κ3) is 2.40. The van der Waals surface area contributed by atoms with Crippen LogP contribution in [0.1, 0.15) is 60.1 Å². The lowest BCUT2D eigenvalue weighted by molar-refractivity contribution is -0.139. The molecule has 23 heavy (non-hydrogen) atoms. The molecule has 5 heteroatoms. The van der Waals surface area contributed by atoms with Gasteiger partial charge in [-0.15, -0.1) is 11.3 Å². The van der Waals surface area contributed by atoms with E-state index in [0.29, 0.717) is 17.7 Å². The van der Waals surface area contributed by atoms with Gasteiger partial charge in [-0.1, -0.05) is 6.42 Å². The Balaban J connectivity index is 1.62. The van der Waals surface area contributed by atoms with Crippen molar-refractivity contribution in [3.63, 3.8) is 0 Å². The highest BCUT2D eigenvalue weighted by molar-refractivity contribution is 7.17. The average molecular weight is 331 g/mol. The van der Waals surface area contributed by atoms with Gasteiger partial charge in [-0.3, -0.25) is 9.20 Å². The van der Waals surface area contributed by atoms with Crippen molar-refractivity contribution < 1.29 is 4.79 Å². The minimum Gasteiger partial charge on any atom is -0.342 e. The van der Waals surface area contributed by atoms with Crippen LogP contribution in [0, 0.1) is 26.7 Å². The Bertz CT molecular complexity index is 756. The quantitative estimate of drug-likeness (QED) is 0.839. The molecule has 1 saturated carbocycles. The number of hydrogen-bond acceptors (Lipinski definition) is 3. The lowest BCUT2D eigenvalue weighted by atomic mass is 9.83. The van der Waals surface area contributed by atoms with Crippen LogP contribution >= 0.6 is 11.3 Å². The summed E-state index contributed by atoms with van der Waals surface area (Å²) < 4.78 is 2.29. The highest BCUT2D eigenvalue weighted by atomic mass is 32.1. The molecule has 1 aliphatic heterocycles. The number of likely N-dealkylation sites (tertiary alicyclic amines) is 1. The van der Waals surface area contributed by atoms with E-state index in [4.69, 9.17) is 4.98 Å². The number of aryl methyl sites for hydroxylation is 3. The van der Waals surface area contributed by atoms with Crippen molar-refractivity contribution in [2.75, 3.05) is 13.1 Å². The fraction of sp³-hybridized carbons (Fsp3) is 0.667. The predicted octanol–water partition coefficient (Wildman–Crippen LogP) is 3.83. The Morgan fingerprint density at radius 2 is 1.96 bits per heavy atom. The van der Waals surface area contributed by atoms with E-state index in [0.717, 1.165) is 44.6 Å². The summed E-state index contributed by atoms with van der Waals surface area (Å²) in [5.74, 6) is 2.18. The molecule has 0 unspecified atom stereocenters. The van der Waals surface area contributed by atoms with E-state index in [1.54, 1.807) is 0 Å². The Labute approximate surface area is 141 Å². The standard InChI is InChI=1S/C18H25N3OS/c1-11-12(2)23-18-16(19-13(3)21(11)18)15-8-5-9-20(10-15)17(22)14-6-4-7-14/h14-15H,4-10H2,1-3H3/t15-/m0/s1. The molecule has 1 aliphatic carbocycles. The van der Waals surface area contributed by atoms with E-state index >= 15 is 0 Å². The van der Waals surface area contributed by atoms with Crippen LogP contribution in [-0.4, -0.2) is 33.3 Å². The van der Waals surface area contributed by atoms with Crippen LogP contribution in [0.15, 0.2) is 0 Å². The number of nitrogens with zero attached hydrogens (tertiary/aromatic N) is 3. The third-order valence-corrected chi connectivity index (χ3v) is 6.88. The summed E-state index contributed by atoms with van der Waals surface area (Å²) in [6, 6.07) is 0. The Morgan fingerprint density at radius 3 is 2.65 bits per heavy atom. The van der Waals surface area contributed by atoms with Crippen molar-refractivity contribution in [1.29, 1.82) is 0 Å². The van der Waals surface area contributed by atoms with Crippen LogP contribution < -0.4 is 0 Å². The van der Waals surface area contributed by atoms with Gasteiger partial charge in [0, 0.05) is 35.5 Å². The topological polar surface area (TPSA) is 37.6 Å². The van der Waals surface area contributed by atoms with Crippen LogP contribution in [0.4, 0.5) is 0 Å². The molecule has 2 aliphatic rings. The fourth-order valence-electron chi connectivity index (χ4n) is 3.98. The summed E-state index contributed by atoms with van der Waals surface area (Å²) in [5, 5.41) is 0. The number of aromatic nitrogens is 2. The number of carbonyl (C=O) groups excluding carboxylic acids is 1. The van der Waals surface area contributed by atoms with Gasteiger partial charge in [0.1, 0.15) is 10.7 Å². The van der Waals surface area contributed by atoms with Crippen molar-refractivity contribution in [2.45, 2.75) is 58.8 Å². The van der Waals surface area contributed by atoms with Crippen LogP contribution in [0.25, 0.3) is 4.83 Å². The van der Waals surface area contributed by atoms with E-state index in [9.17, 15) is 4.79 Å². The van der Waals surface area contributed by atoms with Gasteiger partial charge in [0.15, 0.2) is 0 Å². The minimum absolute atomic E-state index is 0.309. The van der Waals surface area contributed by atoms with Crippen molar-refractivity contribution in [1.82, 2.24) is 14.3 Å². The largest absolute Gasteiger partial charge is 0.342 e. The van der Waals surface area contributed by atoms with Gasteiger partial charge in [-0.25, -0.2) is 4.98 Å². The van der Waals surface area contributed by atoms with Gasteiger partial charge in [0.2, 0.25) is 5.91 Å². The summed E-state index contributed by atoms with van der Waals surface area (Å²) in [5.41, 5.74) is 2.52. The molecular formula is C18H25N3OS. The number of rotatable bonds is 2. The maximum Gasteiger partial charge on any atom is 0.225 e. The highest BCUT2D eigenvalue weighted by Crippen LogP contribution is 2.36. The lowest BCUT2D eigenvalue weighted by Crippen LogP contribution is -2.44. The Morgan fingerprint density at radius 1 is 1.17 bits per heavy atom. The molecule has 0 bridgehead atoms. The third-order valence-electron chi connectivity index (χ3n) is 5.70. The first-order chi connectivity index (χ1) is 11.1. The lowest BCUT2D eigenvalue weighted by Gasteiger charge is -2.36. The molecule has 1 atom stereocenters. The first-order valence-electron chi connectivity index (χ1n) is 8.80. The molecule has 1 saturated heterocycles. The van der Waals surface area contributed by atoms with Gasteiger partial charge in [0.05, 0.1) is 5.69 Å². The van der Waals surface area contributed by atoms with Crippen LogP contribution in [0.3, 0.4) is 0 Å². The minimum atomic E-state index is 0.309. The molecule has 2 fully saturated rings. The number of imidazole rings is 1. The molecule has 2 aromatic heterocycles. The van der Waals surface area contributed by atoms with Crippen molar-refractivity contribution in [2.24, 2.45) is 5.92 Å². The van der Waals surface area contributed by atoms with Gasteiger partial charge in [-0.2, -0.15) is 0 Å². The molecule has 0 radical (unpaired) electrons. The predicted molar refractivity (Wildman–Crippen MR) is 93.2 cm³/mol. The van der Waals surface area contributed by atoms with Gasteiger partial charge in [0.25, 0.3) is 0 Å². The maximum absolute atomic E-state index is 12.6. The molecule has 0 spiro atoms. The fourth-order valence-corrected chi connectivity index (χ4v) is 5.19. The van der Waals surface area contributed by atoms with E-state index in [-0.39, 0.29) is 0 Å². The average Bonchev–Trinajstić information content (AvgIpc) is 2.96. The van der Waals surface area contributed by atoms with Crippen molar-refractivity contribution in [3.8, 4) is 0 Å². The van der Waals surface area contributed by atoms with Gasteiger partial charge in [-0.05, 0) is 46.5 Å². The molecule has 3 heterocycles. The summed E-state index contributed by atoms with van der Waals surface area (Å²) in [6.07, 6.45) is 5.66. The second-order valence-corrected chi connectivity index (χ2v) is 8.38. The normalized spacial score (nSPS) is 22.6. The smallest absolute Gasteiger partial charge is 0.225 e. The molecule has 1 amide bonds. The number of piperidine rings is 1. The SMILES string of the molecule is Cc1sc2c([C@H]3CCCN(C(=O)C4CCC4)C3)nc(C)n2c1C. The summed E-state index contributed by atoms with van der Waals surface area (Å²) in [6.45, 7) is 8.24. The Kier molecular flexibility index (Phi) is 3.71. The number of carbonyl (C=O) groups is 1. The monoisotopic (exact) mass is 331 g/mol. The molecule has 4 rings (SSSR count). The molecule has 0 aromatic carbocycles. The number of fused-ring (bicyclic) bond motifs is 1. The zero-order valence-electron chi connectivity index (χ0n) is 14.3. The summed E-state index contributed by atoms with van der Waals surface area (Å²) in [7, 11) is 0. The van der Waals surface area contributed by atoms with E-state index < -0.39 is 0 Å². The van der Waals surface area contributed by atoms with Crippen LogP contribution in [-0.2, 0) is 4.79 Å². The first-order valence-corrected chi connectivity index (χ1v) is 9.61. The molecule has 124 valence electrons. The molecule has 4 nitrogen and oxygen atoms in total. The zero-order chi connectivity index (χ0) is 16.1. The van der Waals surface area contributed by atoms with E-state index in [2.05, 4.69) is 30.1 Å². The molecular weight excluding hydrogens is 306 g/mol. The van der Waals surface area contributed by atoms with Gasteiger partial charge < -0.3 is 4.90 Å². The van der Waals surface area contributed by atoms with Crippen molar-refractivity contribution in [3.05, 3.63) is 22.1 Å². The molecule has 0 N–H and O–H groups in total. The summed E-state index contributed by atoms with van der Waals surface area (Å²) >= 11 is 1.85. The van der Waals surface area contributed by atoms with Crippen LogP contribution in [0.5, 0.6) is 0 Å².